The van der Waals surface area contributed by atoms with E-state index in [1.807, 2.05) is 41.0 Å². The predicted octanol–water partition coefficient (Wildman–Crippen LogP) is 3.03. The minimum absolute atomic E-state index is 0.126. The highest BCUT2D eigenvalue weighted by atomic mass is 32.1. The lowest BCUT2D eigenvalue weighted by atomic mass is 10.3. The highest BCUT2D eigenvalue weighted by Crippen LogP contribution is 2.26. The fourth-order valence-electron chi connectivity index (χ4n) is 2.36. The van der Waals surface area contributed by atoms with E-state index in [1.54, 1.807) is 25.1 Å². The predicted molar refractivity (Wildman–Crippen MR) is 102 cm³/mol. The van der Waals surface area contributed by atoms with Gasteiger partial charge in [0.15, 0.2) is 12.3 Å². The molecular formula is C19H17N3O5S. The molecule has 0 aliphatic carbocycles. The second-order valence-electron chi connectivity index (χ2n) is 5.48. The number of para-hydroxylation sites is 1. The third-order valence-corrected chi connectivity index (χ3v) is 4.44. The van der Waals surface area contributed by atoms with Crippen molar-refractivity contribution in [1.82, 2.24) is 15.1 Å². The molecule has 2 heterocycles. The highest BCUT2D eigenvalue weighted by Gasteiger charge is 2.20. The van der Waals surface area contributed by atoms with Gasteiger partial charge < -0.3 is 9.47 Å². The summed E-state index contributed by atoms with van der Waals surface area (Å²) >= 11 is 1.49. The van der Waals surface area contributed by atoms with Crippen molar-refractivity contribution in [3.8, 4) is 16.3 Å². The summed E-state index contributed by atoms with van der Waals surface area (Å²) in [6.07, 6.45) is -0.891. The van der Waals surface area contributed by atoms with E-state index in [4.69, 9.17) is 4.74 Å². The molecule has 0 unspecified atom stereocenters. The Bertz CT molecular complexity index is 967. The monoisotopic (exact) mass is 399 g/mol. The van der Waals surface area contributed by atoms with Crippen LogP contribution in [0, 0.1) is 0 Å². The lowest BCUT2D eigenvalue weighted by Gasteiger charge is -2.08. The molecule has 0 bridgehead atoms. The van der Waals surface area contributed by atoms with Crippen LogP contribution in [0.15, 0.2) is 53.9 Å². The highest BCUT2D eigenvalue weighted by molar-refractivity contribution is 7.13. The molecule has 3 rings (SSSR count). The Morgan fingerprint density at radius 1 is 1.11 bits per heavy atom. The molecule has 8 nitrogen and oxygen atoms in total. The number of nitrogens with one attached hydrogen (secondary N) is 1. The zero-order valence-corrected chi connectivity index (χ0v) is 15.8. The molecule has 0 spiro atoms. The van der Waals surface area contributed by atoms with E-state index in [0.717, 1.165) is 4.88 Å². The number of nitrogens with zero attached hydrogens (tertiary/aromatic N) is 2. The number of aromatic nitrogens is 2. The van der Waals surface area contributed by atoms with Crippen LogP contribution in [0.2, 0.25) is 0 Å². The van der Waals surface area contributed by atoms with Crippen molar-refractivity contribution in [3.05, 3.63) is 59.6 Å². The summed E-state index contributed by atoms with van der Waals surface area (Å²) in [7, 11) is 0. The van der Waals surface area contributed by atoms with Gasteiger partial charge in [-0.2, -0.15) is 5.10 Å². The van der Waals surface area contributed by atoms with Gasteiger partial charge in [0.1, 0.15) is 5.69 Å². The molecule has 28 heavy (non-hydrogen) atoms. The minimum atomic E-state index is -0.891. The van der Waals surface area contributed by atoms with E-state index in [-0.39, 0.29) is 12.3 Å². The Morgan fingerprint density at radius 2 is 1.89 bits per heavy atom. The first-order valence-corrected chi connectivity index (χ1v) is 9.29. The third kappa shape index (κ3) is 4.63. The van der Waals surface area contributed by atoms with Crippen molar-refractivity contribution in [2.45, 2.75) is 6.92 Å². The van der Waals surface area contributed by atoms with E-state index in [9.17, 15) is 14.4 Å². The summed E-state index contributed by atoms with van der Waals surface area (Å²) in [6, 6.07) is 14.5. The largest absolute Gasteiger partial charge is 0.451 e. The van der Waals surface area contributed by atoms with Gasteiger partial charge in [0.25, 0.3) is 5.91 Å². The summed E-state index contributed by atoms with van der Waals surface area (Å²) in [5, 5.41) is 8.37. The summed E-state index contributed by atoms with van der Waals surface area (Å²) in [6.45, 7) is 1.12. The number of benzene rings is 1. The average molecular weight is 399 g/mol. The second-order valence-corrected chi connectivity index (χ2v) is 6.43. The maximum absolute atomic E-state index is 12.6. The van der Waals surface area contributed by atoms with E-state index < -0.39 is 24.6 Å². The van der Waals surface area contributed by atoms with Gasteiger partial charge in [-0.3, -0.25) is 10.1 Å². The van der Waals surface area contributed by atoms with Crippen molar-refractivity contribution < 1.29 is 23.9 Å². The second kappa shape index (κ2) is 8.96. The van der Waals surface area contributed by atoms with Crippen LogP contribution in [0.1, 0.15) is 17.4 Å². The van der Waals surface area contributed by atoms with E-state index >= 15 is 0 Å². The van der Waals surface area contributed by atoms with Crippen molar-refractivity contribution in [3.63, 3.8) is 0 Å². The molecule has 3 aromatic rings. The topological polar surface area (TPSA) is 99.5 Å². The van der Waals surface area contributed by atoms with Gasteiger partial charge in [-0.05, 0) is 30.5 Å². The number of carbonyl (C=O) groups is 3. The molecule has 9 heteroatoms. The maximum Gasteiger partial charge on any atom is 0.413 e. The first-order chi connectivity index (χ1) is 13.6. The number of imide groups is 1. The van der Waals surface area contributed by atoms with Gasteiger partial charge in [0.05, 0.1) is 17.2 Å². The van der Waals surface area contributed by atoms with Crippen LogP contribution >= 0.6 is 11.3 Å². The number of hydrogen-bond acceptors (Lipinski definition) is 7. The Hall–Kier alpha value is -3.46. The number of hydrogen-bond donors (Lipinski definition) is 1. The molecule has 0 saturated heterocycles. The summed E-state index contributed by atoms with van der Waals surface area (Å²) in [4.78, 5) is 36.4. The number of alkyl carbamates (subject to hydrolysis) is 1. The number of rotatable bonds is 6. The maximum atomic E-state index is 12.6. The number of amides is 2. The molecule has 1 aromatic carbocycles. The van der Waals surface area contributed by atoms with Crippen LogP contribution < -0.4 is 5.32 Å². The SMILES string of the molecule is CCOC(=O)NC(=O)COC(=O)c1cc(-c2cccs2)nn1-c1ccccc1. The lowest BCUT2D eigenvalue weighted by Crippen LogP contribution is -2.34. The quantitative estimate of drug-likeness (QED) is 0.640. The molecule has 0 radical (unpaired) electrons. The van der Waals surface area contributed by atoms with Gasteiger partial charge >= 0.3 is 12.1 Å². The molecule has 0 saturated carbocycles. The van der Waals surface area contributed by atoms with E-state index in [2.05, 4.69) is 9.84 Å². The smallest absolute Gasteiger partial charge is 0.413 e. The number of carbonyl (C=O) groups excluding carboxylic acids is 3. The Balaban J connectivity index is 1.79. The fourth-order valence-corrected chi connectivity index (χ4v) is 3.04. The Morgan fingerprint density at radius 3 is 2.57 bits per heavy atom. The third-order valence-electron chi connectivity index (χ3n) is 3.54. The Labute approximate surface area is 164 Å². The lowest BCUT2D eigenvalue weighted by molar-refractivity contribution is -0.123. The van der Waals surface area contributed by atoms with Crippen molar-refractivity contribution in [2.24, 2.45) is 0 Å². The Kier molecular flexibility index (Phi) is 6.18. The number of ether oxygens (including phenoxy) is 2. The molecular weight excluding hydrogens is 382 g/mol. The van der Waals surface area contributed by atoms with Crippen LogP contribution in [0.25, 0.3) is 16.3 Å². The molecule has 2 amide bonds. The van der Waals surface area contributed by atoms with Crippen LogP contribution in [0.4, 0.5) is 4.79 Å². The van der Waals surface area contributed by atoms with Crippen molar-refractivity contribution >= 4 is 29.3 Å². The van der Waals surface area contributed by atoms with E-state index in [0.29, 0.717) is 11.4 Å². The zero-order chi connectivity index (χ0) is 19.9. The first kappa shape index (κ1) is 19.3. The molecule has 0 atom stereocenters. The minimum Gasteiger partial charge on any atom is -0.451 e. The molecule has 0 aliphatic heterocycles. The van der Waals surface area contributed by atoms with Gasteiger partial charge in [0, 0.05) is 6.07 Å². The standard InChI is InChI=1S/C19H17N3O5S/c1-2-26-19(25)20-17(23)12-27-18(24)15-11-14(16-9-6-10-28-16)21-22(15)13-7-4-3-5-8-13/h3-11H,2,12H2,1H3,(H,20,23,25). The zero-order valence-electron chi connectivity index (χ0n) is 15.0. The van der Waals surface area contributed by atoms with Crippen LogP contribution in [0.5, 0.6) is 0 Å². The number of thiophene rings is 1. The van der Waals surface area contributed by atoms with Crippen LogP contribution in [-0.2, 0) is 14.3 Å². The molecule has 0 fully saturated rings. The molecule has 144 valence electrons. The van der Waals surface area contributed by atoms with Crippen LogP contribution in [-0.4, -0.2) is 41.0 Å². The molecule has 2 aromatic heterocycles. The van der Waals surface area contributed by atoms with Crippen molar-refractivity contribution in [1.29, 1.82) is 0 Å². The molecule has 0 aliphatic rings. The first-order valence-electron chi connectivity index (χ1n) is 8.41. The van der Waals surface area contributed by atoms with Gasteiger partial charge in [-0.15, -0.1) is 11.3 Å². The number of esters is 1. The van der Waals surface area contributed by atoms with Crippen molar-refractivity contribution in [2.75, 3.05) is 13.2 Å². The molecule has 1 N–H and O–H groups in total. The summed E-state index contributed by atoms with van der Waals surface area (Å²) in [5.41, 5.74) is 1.45. The normalized spacial score (nSPS) is 10.3. The van der Waals surface area contributed by atoms with Gasteiger partial charge in [0.2, 0.25) is 0 Å². The van der Waals surface area contributed by atoms with Gasteiger partial charge in [-0.1, -0.05) is 24.3 Å². The average Bonchev–Trinajstić information content (AvgIpc) is 3.36. The van der Waals surface area contributed by atoms with Gasteiger partial charge in [-0.25, -0.2) is 14.3 Å². The van der Waals surface area contributed by atoms with E-state index in [1.165, 1.54) is 16.0 Å². The summed E-state index contributed by atoms with van der Waals surface area (Å²) < 4.78 is 11.1. The fraction of sp³-hybridized carbons (Fsp3) is 0.158. The van der Waals surface area contributed by atoms with Crippen LogP contribution in [0.3, 0.4) is 0 Å². The summed E-state index contributed by atoms with van der Waals surface area (Å²) in [5.74, 6) is -1.52.